The lowest BCUT2D eigenvalue weighted by atomic mass is 9.95. The molecule has 0 aromatic rings. The maximum atomic E-state index is 7.92. The van der Waals surface area contributed by atoms with Crippen LogP contribution < -0.4 is 0 Å². The molecule has 0 atom stereocenters. The highest BCUT2D eigenvalue weighted by molar-refractivity contribution is 4.95. The molecule has 54 valence electrons. The Kier molecular flexibility index (Phi) is 2.97. The highest BCUT2D eigenvalue weighted by Crippen LogP contribution is 2.21. The molecular formula is C6H13O3+. The molecule has 0 saturated carbocycles. The zero-order chi connectivity index (χ0) is 7.49. The number of rotatable bonds is 3. The van der Waals surface area contributed by atoms with Crippen LogP contribution in [0.25, 0.3) is 0 Å². The largest absolute Gasteiger partial charge is 0.236 e. The molecule has 0 spiro atoms. The van der Waals surface area contributed by atoms with Gasteiger partial charge in [0.05, 0.1) is 13.8 Å². The van der Waals surface area contributed by atoms with Crippen molar-refractivity contribution in [2.24, 2.45) is 0 Å². The first-order chi connectivity index (χ1) is 4.00. The fourth-order valence-electron chi connectivity index (χ4n) is 0.177. The summed E-state index contributed by atoms with van der Waals surface area (Å²) in [5.41, 5.74) is -0.505. The monoisotopic (exact) mass is 133 g/mol. The van der Waals surface area contributed by atoms with Gasteiger partial charge in [-0.2, -0.15) is 4.89 Å². The fourth-order valence-corrected chi connectivity index (χ4v) is 0.177. The molecular weight excluding hydrogens is 120 g/mol. The van der Waals surface area contributed by atoms with Gasteiger partial charge in [0.15, 0.2) is 0 Å². The summed E-state index contributed by atoms with van der Waals surface area (Å²) < 4.78 is 0. The zero-order valence-electron chi connectivity index (χ0n) is 6.26. The normalized spacial score (nSPS) is 11.7. The Morgan fingerprint density at radius 3 is 1.89 bits per heavy atom. The summed E-state index contributed by atoms with van der Waals surface area (Å²) in [6, 6.07) is 0. The molecule has 3 nitrogen and oxygen atoms in total. The van der Waals surface area contributed by atoms with Crippen LogP contribution in [-0.4, -0.2) is 10.9 Å². The van der Waals surface area contributed by atoms with E-state index < -0.39 is 5.60 Å². The van der Waals surface area contributed by atoms with E-state index in [0.29, 0.717) is 0 Å². The smallest absolute Gasteiger partial charge is 0.221 e. The van der Waals surface area contributed by atoms with Crippen LogP contribution in [0, 0.1) is 5.92 Å². The minimum absolute atomic E-state index is 0.505. The molecule has 0 aliphatic heterocycles. The molecule has 0 fully saturated rings. The predicted octanol–water partition coefficient (Wildman–Crippen LogP) is 1.80. The number of hydrogen-bond donors (Lipinski definition) is 1. The fraction of sp³-hybridized carbons (Fsp3) is 0.833. The molecule has 0 aromatic heterocycles. The van der Waals surface area contributed by atoms with Gasteiger partial charge in [0.1, 0.15) is 5.92 Å². The second-order valence-corrected chi connectivity index (χ2v) is 2.67. The molecule has 0 aromatic carbocycles. The average molecular weight is 133 g/mol. The highest BCUT2D eigenvalue weighted by atomic mass is 17.5. The third-order valence-electron chi connectivity index (χ3n) is 1.45. The lowest BCUT2D eigenvalue weighted by Gasteiger charge is -2.15. The summed E-state index contributed by atoms with van der Waals surface area (Å²) >= 11 is 0. The van der Waals surface area contributed by atoms with E-state index in [0.717, 1.165) is 5.92 Å². The van der Waals surface area contributed by atoms with Gasteiger partial charge in [-0.1, -0.05) is 5.04 Å². The van der Waals surface area contributed by atoms with Gasteiger partial charge in [-0.3, -0.25) is 0 Å². The van der Waals surface area contributed by atoms with Gasteiger partial charge in [-0.15, -0.1) is 0 Å². The van der Waals surface area contributed by atoms with Crippen molar-refractivity contribution in [2.45, 2.75) is 33.3 Å². The van der Waals surface area contributed by atoms with Gasteiger partial charge >= 0.3 is 0 Å². The van der Waals surface area contributed by atoms with Crippen molar-refractivity contribution in [1.82, 2.24) is 0 Å². The minimum Gasteiger partial charge on any atom is -0.221 e. The molecule has 0 aliphatic rings. The van der Waals surface area contributed by atoms with Crippen molar-refractivity contribution in [1.29, 1.82) is 0 Å². The van der Waals surface area contributed by atoms with E-state index in [-0.39, 0.29) is 0 Å². The summed E-state index contributed by atoms with van der Waals surface area (Å²) in [5, 5.41) is 11.5. The second-order valence-electron chi connectivity index (χ2n) is 2.67. The molecule has 1 N–H and O–H groups in total. The predicted molar refractivity (Wildman–Crippen MR) is 33.5 cm³/mol. The number of hydrogen-bond acceptors (Lipinski definition) is 3. The Morgan fingerprint density at radius 1 is 1.33 bits per heavy atom. The van der Waals surface area contributed by atoms with Crippen molar-refractivity contribution in [2.75, 3.05) is 0 Å². The molecule has 0 saturated heterocycles. The van der Waals surface area contributed by atoms with Crippen LogP contribution in [0.5, 0.6) is 0 Å². The Labute approximate surface area is 55.4 Å². The molecule has 9 heavy (non-hydrogen) atoms. The SMILES string of the molecule is C[C+](C)C(C)(C)OOO. The first-order valence-electron chi connectivity index (χ1n) is 2.80. The van der Waals surface area contributed by atoms with E-state index in [4.69, 9.17) is 5.26 Å². The van der Waals surface area contributed by atoms with E-state index >= 15 is 0 Å². The summed E-state index contributed by atoms with van der Waals surface area (Å²) in [7, 11) is 0. The summed E-state index contributed by atoms with van der Waals surface area (Å²) in [6.07, 6.45) is 0. The van der Waals surface area contributed by atoms with Crippen molar-refractivity contribution in [3.63, 3.8) is 0 Å². The van der Waals surface area contributed by atoms with Crippen molar-refractivity contribution < 1.29 is 15.2 Å². The molecule has 3 heteroatoms. The zero-order valence-corrected chi connectivity index (χ0v) is 6.26. The van der Waals surface area contributed by atoms with Crippen molar-refractivity contribution >= 4 is 0 Å². The van der Waals surface area contributed by atoms with Gasteiger partial charge in [-0.25, -0.2) is 5.26 Å². The van der Waals surface area contributed by atoms with Crippen LogP contribution in [-0.2, 0) is 9.93 Å². The van der Waals surface area contributed by atoms with E-state index in [1.54, 1.807) is 13.8 Å². The Hall–Kier alpha value is -0.250. The average Bonchev–Trinajstić information content (AvgIpc) is 1.65. The lowest BCUT2D eigenvalue weighted by molar-refractivity contribution is -0.519. The van der Waals surface area contributed by atoms with Crippen LogP contribution in [0.3, 0.4) is 0 Å². The van der Waals surface area contributed by atoms with Gasteiger partial charge in [-0.05, 0) is 0 Å². The Morgan fingerprint density at radius 2 is 1.78 bits per heavy atom. The third-order valence-corrected chi connectivity index (χ3v) is 1.45. The van der Waals surface area contributed by atoms with Crippen LogP contribution in [0.2, 0.25) is 0 Å². The molecule has 0 rings (SSSR count). The van der Waals surface area contributed by atoms with Crippen molar-refractivity contribution in [3.05, 3.63) is 5.92 Å². The molecule has 0 heterocycles. The lowest BCUT2D eigenvalue weighted by Crippen LogP contribution is -2.29. The van der Waals surface area contributed by atoms with Gasteiger partial charge in [0.25, 0.3) is 0 Å². The van der Waals surface area contributed by atoms with Gasteiger partial charge in [0, 0.05) is 13.8 Å². The van der Waals surface area contributed by atoms with E-state index in [1.165, 1.54) is 0 Å². The molecule has 0 radical (unpaired) electrons. The van der Waals surface area contributed by atoms with Crippen LogP contribution in [0.1, 0.15) is 27.7 Å². The van der Waals surface area contributed by atoms with E-state index in [1.807, 2.05) is 13.8 Å². The Bertz CT molecular complexity index is 78.4. The second kappa shape index (κ2) is 3.06. The molecule has 0 unspecified atom stereocenters. The van der Waals surface area contributed by atoms with Crippen LogP contribution in [0.15, 0.2) is 0 Å². The van der Waals surface area contributed by atoms with Crippen LogP contribution in [0.4, 0.5) is 0 Å². The van der Waals surface area contributed by atoms with Gasteiger partial charge < -0.3 is 0 Å². The maximum Gasteiger partial charge on any atom is 0.236 e. The molecule has 0 aliphatic carbocycles. The topological polar surface area (TPSA) is 38.7 Å². The third kappa shape index (κ3) is 2.70. The Balaban J connectivity index is 3.70. The first kappa shape index (κ1) is 8.75. The minimum atomic E-state index is -0.505. The molecule has 0 bridgehead atoms. The molecule has 0 amide bonds. The van der Waals surface area contributed by atoms with Gasteiger partial charge in [0.2, 0.25) is 5.60 Å². The highest BCUT2D eigenvalue weighted by Gasteiger charge is 2.35. The summed E-state index contributed by atoms with van der Waals surface area (Å²) in [6.45, 7) is 7.41. The first-order valence-corrected chi connectivity index (χ1v) is 2.80. The van der Waals surface area contributed by atoms with E-state index in [9.17, 15) is 0 Å². The van der Waals surface area contributed by atoms with Crippen molar-refractivity contribution in [3.8, 4) is 0 Å². The standard InChI is InChI=1S/C6H12O3/c1-5(2)6(3,4)8-9-7/h1-4H3/p+1. The van der Waals surface area contributed by atoms with E-state index in [2.05, 4.69) is 9.93 Å². The summed E-state index contributed by atoms with van der Waals surface area (Å²) in [5.74, 6) is 1.04. The van der Waals surface area contributed by atoms with Crippen LogP contribution >= 0.6 is 0 Å². The summed E-state index contributed by atoms with van der Waals surface area (Å²) in [4.78, 5) is 4.51. The maximum absolute atomic E-state index is 7.92. The quantitative estimate of drug-likeness (QED) is 0.362.